The zero-order valence-electron chi connectivity index (χ0n) is 16.7. The van der Waals surface area contributed by atoms with E-state index in [9.17, 15) is 13.2 Å². The molecule has 2 aliphatic heterocycles. The highest BCUT2D eigenvalue weighted by Gasteiger charge is 2.32. The number of anilines is 1. The average Bonchev–Trinajstić information content (AvgIpc) is 3.34. The molecule has 8 nitrogen and oxygen atoms in total. The van der Waals surface area contributed by atoms with E-state index in [1.54, 1.807) is 17.0 Å². The summed E-state index contributed by atoms with van der Waals surface area (Å²) in [5, 5.41) is 7.40. The molecule has 29 heavy (non-hydrogen) atoms. The second kappa shape index (κ2) is 8.31. The molecule has 0 spiro atoms. The Kier molecular flexibility index (Phi) is 5.78. The number of aromatic nitrogens is 2. The van der Waals surface area contributed by atoms with Crippen LogP contribution in [-0.4, -0.2) is 53.6 Å². The Morgan fingerprint density at radius 3 is 2.90 bits per heavy atom. The number of aryl methyl sites for hydroxylation is 1. The van der Waals surface area contributed by atoms with E-state index in [2.05, 4.69) is 15.3 Å². The lowest BCUT2D eigenvalue weighted by atomic mass is 10.1. The number of sulfone groups is 1. The molecule has 2 saturated heterocycles. The summed E-state index contributed by atoms with van der Waals surface area (Å²) in [6.07, 6.45) is 6.50. The first-order valence-corrected chi connectivity index (χ1v) is 12.1. The predicted molar refractivity (Wildman–Crippen MR) is 109 cm³/mol. The average molecular weight is 421 g/mol. The molecule has 4 rings (SSSR count). The topological polar surface area (TPSA) is 97.4 Å². The van der Waals surface area contributed by atoms with Crippen molar-refractivity contribution in [2.45, 2.75) is 51.1 Å². The highest BCUT2D eigenvalue weighted by atomic mass is 32.2. The molecule has 0 bridgehead atoms. The number of hydrogen-bond donors (Lipinski definition) is 1. The number of rotatable bonds is 5. The second-order valence-electron chi connectivity index (χ2n) is 8.07. The van der Waals surface area contributed by atoms with Gasteiger partial charge in [-0.1, -0.05) is 12.8 Å². The molecule has 2 unspecified atom stereocenters. The normalized spacial score (nSPS) is 25.0. The fourth-order valence-corrected chi connectivity index (χ4v) is 6.08. The van der Waals surface area contributed by atoms with Gasteiger partial charge in [-0.3, -0.25) is 9.69 Å². The maximum absolute atomic E-state index is 12.9. The monoisotopic (exact) mass is 420 g/mol. The van der Waals surface area contributed by atoms with Crippen LogP contribution < -0.4 is 5.32 Å². The van der Waals surface area contributed by atoms with Gasteiger partial charge in [-0.05, 0) is 44.9 Å². The molecule has 2 fully saturated rings. The standard InChI is InChI=1S/C20H28N4O4S/c1-15-12-19(24(22-15)16-8-11-29(26,27)14-16)21-20(25)13-23-9-4-2-3-6-17(23)18-7-5-10-28-18/h5,7,10,12,16-17H,2-4,6,8-9,11,13-14H2,1H3,(H,21,25). The third-order valence-electron chi connectivity index (χ3n) is 5.76. The van der Waals surface area contributed by atoms with Crippen molar-refractivity contribution in [1.29, 1.82) is 0 Å². The molecule has 1 amide bonds. The molecule has 0 aromatic carbocycles. The highest BCUT2D eigenvalue weighted by Crippen LogP contribution is 2.31. The van der Waals surface area contributed by atoms with Gasteiger partial charge in [0.05, 0.1) is 42.1 Å². The van der Waals surface area contributed by atoms with Crippen molar-refractivity contribution in [3.63, 3.8) is 0 Å². The van der Waals surface area contributed by atoms with Crippen molar-refractivity contribution < 1.29 is 17.6 Å². The van der Waals surface area contributed by atoms with E-state index in [-0.39, 0.29) is 36.0 Å². The summed E-state index contributed by atoms with van der Waals surface area (Å²) in [4.78, 5) is 15.0. The Hall–Kier alpha value is -2.13. The van der Waals surface area contributed by atoms with E-state index in [0.717, 1.165) is 43.7 Å². The number of carbonyl (C=O) groups excluding carboxylic acids is 1. The predicted octanol–water partition coefficient (Wildman–Crippen LogP) is 2.70. The van der Waals surface area contributed by atoms with Crippen molar-refractivity contribution in [3.05, 3.63) is 35.9 Å². The number of nitrogens with zero attached hydrogens (tertiary/aromatic N) is 3. The molecule has 2 atom stereocenters. The molecule has 1 N–H and O–H groups in total. The van der Waals surface area contributed by atoms with Gasteiger partial charge in [-0.25, -0.2) is 13.1 Å². The van der Waals surface area contributed by atoms with Gasteiger partial charge in [-0.2, -0.15) is 5.10 Å². The van der Waals surface area contributed by atoms with Crippen molar-refractivity contribution in [2.24, 2.45) is 0 Å². The Morgan fingerprint density at radius 1 is 1.31 bits per heavy atom. The van der Waals surface area contributed by atoms with Crippen LogP contribution in [0.3, 0.4) is 0 Å². The zero-order valence-corrected chi connectivity index (χ0v) is 17.5. The van der Waals surface area contributed by atoms with Crippen LogP contribution in [0.15, 0.2) is 28.9 Å². The molecular weight excluding hydrogens is 392 g/mol. The van der Waals surface area contributed by atoms with E-state index in [1.165, 1.54) is 0 Å². The smallest absolute Gasteiger partial charge is 0.239 e. The molecule has 4 heterocycles. The first-order valence-electron chi connectivity index (χ1n) is 10.3. The highest BCUT2D eigenvalue weighted by molar-refractivity contribution is 7.91. The van der Waals surface area contributed by atoms with Gasteiger partial charge in [0.1, 0.15) is 11.6 Å². The lowest BCUT2D eigenvalue weighted by Gasteiger charge is -2.27. The molecular formula is C20H28N4O4S. The molecule has 158 valence electrons. The fraction of sp³-hybridized carbons (Fsp3) is 0.600. The summed E-state index contributed by atoms with van der Waals surface area (Å²) in [6.45, 7) is 2.95. The second-order valence-corrected chi connectivity index (χ2v) is 10.3. The van der Waals surface area contributed by atoms with Crippen LogP contribution >= 0.6 is 0 Å². The fourth-order valence-electron chi connectivity index (χ4n) is 4.38. The Morgan fingerprint density at radius 2 is 2.17 bits per heavy atom. The molecule has 2 aromatic rings. The number of carbonyl (C=O) groups is 1. The maximum atomic E-state index is 12.9. The van der Waals surface area contributed by atoms with E-state index in [1.807, 2.05) is 19.1 Å². The summed E-state index contributed by atoms with van der Waals surface area (Å²) >= 11 is 0. The van der Waals surface area contributed by atoms with Gasteiger partial charge in [0.2, 0.25) is 5.91 Å². The van der Waals surface area contributed by atoms with Crippen molar-refractivity contribution in [2.75, 3.05) is 29.9 Å². The first kappa shape index (κ1) is 20.2. The SMILES string of the molecule is Cc1cc(NC(=O)CN2CCCCCC2c2ccco2)n(C2CCS(=O)(=O)C2)n1. The van der Waals surface area contributed by atoms with Gasteiger partial charge in [-0.15, -0.1) is 0 Å². The Balaban J connectivity index is 1.47. The summed E-state index contributed by atoms with van der Waals surface area (Å²) in [5.41, 5.74) is 0.757. The van der Waals surface area contributed by atoms with E-state index in [4.69, 9.17) is 4.42 Å². The number of amides is 1. The number of nitrogens with one attached hydrogen (secondary N) is 1. The molecule has 2 aliphatic rings. The summed E-state index contributed by atoms with van der Waals surface area (Å²) in [6, 6.07) is 5.54. The van der Waals surface area contributed by atoms with Gasteiger partial charge in [0.25, 0.3) is 0 Å². The molecule has 2 aromatic heterocycles. The first-order chi connectivity index (χ1) is 13.9. The third-order valence-corrected chi connectivity index (χ3v) is 7.51. The van der Waals surface area contributed by atoms with E-state index >= 15 is 0 Å². The molecule has 0 radical (unpaired) electrons. The molecule has 0 aliphatic carbocycles. The van der Waals surface area contributed by atoms with Crippen LogP contribution in [0, 0.1) is 6.92 Å². The Labute approximate surface area is 171 Å². The number of hydrogen-bond acceptors (Lipinski definition) is 6. The van der Waals surface area contributed by atoms with Crippen LogP contribution in [0.4, 0.5) is 5.82 Å². The van der Waals surface area contributed by atoms with Crippen LogP contribution in [0.25, 0.3) is 0 Å². The van der Waals surface area contributed by atoms with Crippen molar-refractivity contribution in [1.82, 2.24) is 14.7 Å². The molecule has 9 heteroatoms. The van der Waals surface area contributed by atoms with Gasteiger partial charge in [0.15, 0.2) is 9.84 Å². The zero-order chi connectivity index (χ0) is 20.4. The maximum Gasteiger partial charge on any atom is 0.239 e. The molecule has 0 saturated carbocycles. The largest absolute Gasteiger partial charge is 0.468 e. The quantitative estimate of drug-likeness (QED) is 0.799. The van der Waals surface area contributed by atoms with Crippen LogP contribution in [0.5, 0.6) is 0 Å². The van der Waals surface area contributed by atoms with Gasteiger partial charge < -0.3 is 9.73 Å². The minimum atomic E-state index is -3.03. The minimum absolute atomic E-state index is 0.0731. The van der Waals surface area contributed by atoms with Crippen LogP contribution in [-0.2, 0) is 14.6 Å². The van der Waals surface area contributed by atoms with E-state index < -0.39 is 9.84 Å². The minimum Gasteiger partial charge on any atom is -0.468 e. The third kappa shape index (κ3) is 4.72. The summed E-state index contributed by atoms with van der Waals surface area (Å²) in [5.74, 6) is 1.59. The van der Waals surface area contributed by atoms with Gasteiger partial charge in [0, 0.05) is 6.07 Å². The summed E-state index contributed by atoms with van der Waals surface area (Å²) in [7, 11) is -3.03. The summed E-state index contributed by atoms with van der Waals surface area (Å²) < 4.78 is 31.0. The van der Waals surface area contributed by atoms with E-state index in [0.29, 0.717) is 12.2 Å². The number of furan rings is 1. The van der Waals surface area contributed by atoms with Crippen molar-refractivity contribution >= 4 is 21.6 Å². The van der Waals surface area contributed by atoms with Crippen LogP contribution in [0.2, 0.25) is 0 Å². The van der Waals surface area contributed by atoms with Crippen molar-refractivity contribution in [3.8, 4) is 0 Å². The number of likely N-dealkylation sites (tertiary alicyclic amines) is 1. The Bertz CT molecular complexity index is 951. The van der Waals surface area contributed by atoms with Gasteiger partial charge >= 0.3 is 0 Å². The van der Waals surface area contributed by atoms with Crippen LogP contribution in [0.1, 0.15) is 55.6 Å². The lowest BCUT2D eigenvalue weighted by molar-refractivity contribution is -0.118. The lowest BCUT2D eigenvalue weighted by Crippen LogP contribution is -2.36.